The molecule has 0 radical (unpaired) electrons. The standard InChI is InChI=1S/C13H21N5O2S/c1-4-10-13(21(14,19)20)11(5-2)18(16-10)8-6-12-15-7-9-17(12)3/h7,9H,4-6,8H2,1-3H3,(H2,14,19,20). The third-order valence-corrected chi connectivity index (χ3v) is 4.54. The van der Waals surface area contributed by atoms with Gasteiger partial charge in [0.1, 0.15) is 10.7 Å². The van der Waals surface area contributed by atoms with E-state index in [-0.39, 0.29) is 4.90 Å². The van der Waals surface area contributed by atoms with E-state index in [1.54, 1.807) is 10.9 Å². The van der Waals surface area contributed by atoms with Gasteiger partial charge in [0, 0.05) is 32.4 Å². The van der Waals surface area contributed by atoms with Crippen LogP contribution in [-0.4, -0.2) is 27.7 Å². The van der Waals surface area contributed by atoms with Crippen LogP contribution in [0.3, 0.4) is 0 Å². The number of hydrogen-bond acceptors (Lipinski definition) is 4. The van der Waals surface area contributed by atoms with Crippen LogP contribution in [0.5, 0.6) is 0 Å². The quantitative estimate of drug-likeness (QED) is 0.846. The molecule has 0 atom stereocenters. The highest BCUT2D eigenvalue weighted by molar-refractivity contribution is 7.89. The normalized spacial score (nSPS) is 12.0. The summed E-state index contributed by atoms with van der Waals surface area (Å²) in [5, 5.41) is 9.76. The summed E-state index contributed by atoms with van der Waals surface area (Å²) in [6, 6.07) is 0. The fourth-order valence-electron chi connectivity index (χ4n) is 2.47. The maximum atomic E-state index is 11.8. The molecule has 0 aromatic carbocycles. The predicted octanol–water partition coefficient (Wildman–Crippen LogP) is 0.632. The molecule has 0 bridgehead atoms. The number of sulfonamides is 1. The summed E-state index contributed by atoms with van der Waals surface area (Å²) in [4.78, 5) is 4.45. The van der Waals surface area contributed by atoms with E-state index < -0.39 is 10.0 Å². The summed E-state index contributed by atoms with van der Waals surface area (Å²) in [5.74, 6) is 0.933. The molecule has 0 aliphatic heterocycles. The van der Waals surface area contributed by atoms with E-state index in [0.29, 0.717) is 37.2 Å². The summed E-state index contributed by atoms with van der Waals surface area (Å²) in [7, 11) is -1.82. The first kappa shape index (κ1) is 15.7. The van der Waals surface area contributed by atoms with Gasteiger partial charge in [-0.15, -0.1) is 0 Å². The van der Waals surface area contributed by atoms with Gasteiger partial charge in [0.2, 0.25) is 10.0 Å². The van der Waals surface area contributed by atoms with Crippen LogP contribution in [0.2, 0.25) is 0 Å². The molecule has 2 aromatic rings. The first-order valence-electron chi connectivity index (χ1n) is 6.96. The molecule has 2 rings (SSSR count). The van der Waals surface area contributed by atoms with Crippen LogP contribution in [0.15, 0.2) is 17.3 Å². The van der Waals surface area contributed by atoms with Gasteiger partial charge >= 0.3 is 0 Å². The van der Waals surface area contributed by atoms with Gasteiger partial charge in [-0.3, -0.25) is 4.68 Å². The average Bonchev–Trinajstić information content (AvgIpc) is 2.98. The van der Waals surface area contributed by atoms with Crippen LogP contribution in [0.1, 0.15) is 31.1 Å². The van der Waals surface area contributed by atoms with E-state index in [1.807, 2.05) is 31.7 Å². The molecule has 0 saturated carbocycles. The minimum atomic E-state index is -3.75. The molecular weight excluding hydrogens is 290 g/mol. The minimum Gasteiger partial charge on any atom is -0.338 e. The molecule has 0 unspecified atom stereocenters. The maximum Gasteiger partial charge on any atom is 0.241 e. The molecule has 2 N–H and O–H groups in total. The van der Waals surface area contributed by atoms with Crippen molar-refractivity contribution in [3.05, 3.63) is 29.6 Å². The fourth-order valence-corrected chi connectivity index (χ4v) is 3.56. The van der Waals surface area contributed by atoms with E-state index in [2.05, 4.69) is 10.1 Å². The van der Waals surface area contributed by atoms with Crippen molar-refractivity contribution in [3.8, 4) is 0 Å². The molecule has 0 amide bonds. The minimum absolute atomic E-state index is 0.187. The Morgan fingerprint density at radius 2 is 2.00 bits per heavy atom. The van der Waals surface area contributed by atoms with Gasteiger partial charge in [0.05, 0.1) is 11.4 Å². The molecule has 0 saturated heterocycles. The highest BCUT2D eigenvalue weighted by Gasteiger charge is 2.24. The summed E-state index contributed by atoms with van der Waals surface area (Å²) >= 11 is 0. The second-order valence-electron chi connectivity index (χ2n) is 4.90. The van der Waals surface area contributed by atoms with Crippen LogP contribution in [0.25, 0.3) is 0 Å². The van der Waals surface area contributed by atoms with Crippen molar-refractivity contribution < 1.29 is 8.42 Å². The van der Waals surface area contributed by atoms with Gasteiger partial charge in [0.15, 0.2) is 0 Å². The Morgan fingerprint density at radius 1 is 1.29 bits per heavy atom. The van der Waals surface area contributed by atoms with Crippen LogP contribution < -0.4 is 5.14 Å². The van der Waals surface area contributed by atoms with Gasteiger partial charge in [-0.1, -0.05) is 13.8 Å². The SMILES string of the molecule is CCc1nn(CCc2nccn2C)c(CC)c1S(N)(=O)=O. The summed E-state index contributed by atoms with van der Waals surface area (Å²) in [6.45, 7) is 4.36. The predicted molar refractivity (Wildman–Crippen MR) is 79.3 cm³/mol. The molecule has 116 valence electrons. The molecule has 0 aliphatic carbocycles. The number of imidazole rings is 1. The van der Waals surface area contributed by atoms with Crippen LogP contribution in [0, 0.1) is 0 Å². The van der Waals surface area contributed by atoms with Gasteiger partial charge in [-0.2, -0.15) is 5.10 Å². The zero-order valence-corrected chi connectivity index (χ0v) is 13.4. The van der Waals surface area contributed by atoms with E-state index in [9.17, 15) is 8.42 Å². The molecule has 2 heterocycles. The smallest absolute Gasteiger partial charge is 0.241 e. The van der Waals surface area contributed by atoms with Gasteiger partial charge in [-0.05, 0) is 12.8 Å². The lowest BCUT2D eigenvalue weighted by atomic mass is 10.2. The van der Waals surface area contributed by atoms with Gasteiger partial charge < -0.3 is 4.57 Å². The van der Waals surface area contributed by atoms with Crippen LogP contribution >= 0.6 is 0 Å². The lowest BCUT2D eigenvalue weighted by Gasteiger charge is -2.07. The van der Waals surface area contributed by atoms with E-state index in [4.69, 9.17) is 5.14 Å². The zero-order chi connectivity index (χ0) is 15.6. The largest absolute Gasteiger partial charge is 0.338 e. The Balaban J connectivity index is 2.36. The Hall–Kier alpha value is -1.67. The summed E-state index contributed by atoms with van der Waals surface area (Å²) < 4.78 is 27.3. The van der Waals surface area contributed by atoms with Crippen molar-refractivity contribution >= 4 is 10.0 Å². The van der Waals surface area contributed by atoms with Crippen molar-refractivity contribution in [1.82, 2.24) is 19.3 Å². The Morgan fingerprint density at radius 3 is 2.48 bits per heavy atom. The van der Waals surface area contributed by atoms with Crippen LogP contribution in [-0.2, 0) is 42.9 Å². The molecule has 7 nitrogen and oxygen atoms in total. The van der Waals surface area contributed by atoms with Crippen molar-refractivity contribution in [2.24, 2.45) is 12.2 Å². The van der Waals surface area contributed by atoms with Crippen LogP contribution in [0.4, 0.5) is 0 Å². The second-order valence-corrected chi connectivity index (χ2v) is 6.40. The molecular formula is C13H21N5O2S. The van der Waals surface area contributed by atoms with E-state index in [0.717, 1.165) is 5.82 Å². The number of rotatable bonds is 6. The third kappa shape index (κ3) is 3.16. The maximum absolute atomic E-state index is 11.8. The van der Waals surface area contributed by atoms with E-state index in [1.165, 1.54) is 0 Å². The van der Waals surface area contributed by atoms with Gasteiger partial charge in [-0.25, -0.2) is 18.5 Å². The summed E-state index contributed by atoms with van der Waals surface area (Å²) in [5.41, 5.74) is 1.21. The Labute approximate surface area is 124 Å². The highest BCUT2D eigenvalue weighted by atomic mass is 32.2. The highest BCUT2D eigenvalue weighted by Crippen LogP contribution is 2.21. The first-order chi connectivity index (χ1) is 9.88. The zero-order valence-electron chi connectivity index (χ0n) is 12.6. The Kier molecular flexibility index (Phi) is 4.48. The lowest BCUT2D eigenvalue weighted by Crippen LogP contribution is -2.16. The molecule has 0 fully saturated rings. The first-order valence-corrected chi connectivity index (χ1v) is 8.50. The van der Waals surface area contributed by atoms with Crippen molar-refractivity contribution in [2.75, 3.05) is 0 Å². The topological polar surface area (TPSA) is 95.8 Å². The van der Waals surface area contributed by atoms with Crippen molar-refractivity contribution in [3.63, 3.8) is 0 Å². The third-order valence-electron chi connectivity index (χ3n) is 3.50. The second kappa shape index (κ2) is 5.98. The molecule has 21 heavy (non-hydrogen) atoms. The molecule has 0 spiro atoms. The fraction of sp³-hybridized carbons (Fsp3) is 0.538. The number of hydrogen-bond donors (Lipinski definition) is 1. The number of primary sulfonamides is 1. The lowest BCUT2D eigenvalue weighted by molar-refractivity contribution is 0.559. The number of aryl methyl sites for hydroxylation is 4. The number of aromatic nitrogens is 4. The molecule has 0 aliphatic rings. The number of nitrogens with zero attached hydrogens (tertiary/aromatic N) is 4. The molecule has 2 aromatic heterocycles. The van der Waals surface area contributed by atoms with E-state index >= 15 is 0 Å². The van der Waals surface area contributed by atoms with Crippen molar-refractivity contribution in [1.29, 1.82) is 0 Å². The van der Waals surface area contributed by atoms with Crippen molar-refractivity contribution in [2.45, 2.75) is 44.6 Å². The van der Waals surface area contributed by atoms with Gasteiger partial charge in [0.25, 0.3) is 0 Å². The average molecular weight is 311 g/mol. The monoisotopic (exact) mass is 311 g/mol. The number of nitrogens with two attached hydrogens (primary N) is 1. The Bertz CT molecular complexity index is 730. The summed E-state index contributed by atoms with van der Waals surface area (Å²) in [6.07, 6.45) is 5.41. The molecule has 8 heteroatoms.